The van der Waals surface area contributed by atoms with Gasteiger partial charge < -0.3 is 31.9 Å². The number of hydrogen-bond donors (Lipinski definition) is 0. The van der Waals surface area contributed by atoms with Crippen molar-refractivity contribution in [3.05, 3.63) is 46.4 Å². The maximum Gasteiger partial charge on any atom is 0.335 e. The van der Waals surface area contributed by atoms with E-state index in [1.165, 1.54) is 6.92 Å². The van der Waals surface area contributed by atoms with E-state index in [0.717, 1.165) is 16.9 Å². The molecule has 0 unspecified atom stereocenters. The third kappa shape index (κ3) is 7.51. The Morgan fingerprint density at radius 2 is 1.59 bits per heavy atom. The molecule has 4 atom stereocenters. The number of para-hydroxylation sites is 1. The fourth-order valence-electron chi connectivity index (χ4n) is 6.61. The smallest absolute Gasteiger partial charge is 0.335 e. The van der Waals surface area contributed by atoms with Crippen molar-refractivity contribution in [1.82, 2.24) is 9.55 Å². The van der Waals surface area contributed by atoms with Crippen molar-refractivity contribution >= 4 is 35.3 Å². The van der Waals surface area contributed by atoms with Gasteiger partial charge in [-0.25, -0.2) is 0 Å². The predicted molar refractivity (Wildman–Crippen MR) is 183 cm³/mol. The minimum atomic E-state index is -2.96. The third-order valence-corrected chi connectivity index (χ3v) is 19.6. The summed E-state index contributed by atoms with van der Waals surface area (Å²) in [5, 5.41) is 0. The van der Waals surface area contributed by atoms with Crippen molar-refractivity contribution < 1.29 is 36.7 Å². The standard InChI is InChI=1S/C33H52N2O8SSi2/c1-20(2)45(21(3)4)39-19-27-30(42-46(43-45,22(5)6)23(7)8)31(38-18-17-37-26(11)36)32(40-27)35-16-15-28(34-33(35)44)41-29-24(9)13-12-14-25(29)10/h12-16,20-23,27,30-32H,17-19H2,1-11H3/t27-,30-,31-,32-/m1/s1. The fourth-order valence-corrected chi connectivity index (χ4v) is 18.1. The van der Waals surface area contributed by atoms with Crippen LogP contribution in [0.4, 0.5) is 0 Å². The summed E-state index contributed by atoms with van der Waals surface area (Å²) in [6.45, 7) is 23.4. The average Bonchev–Trinajstić information content (AvgIpc) is 3.28. The summed E-state index contributed by atoms with van der Waals surface area (Å²) in [4.78, 5) is 16.1. The second-order valence-corrected chi connectivity index (χ2v) is 22.8. The van der Waals surface area contributed by atoms with Crippen molar-refractivity contribution in [2.45, 2.75) is 123 Å². The first-order chi connectivity index (χ1) is 21.6. The molecule has 2 aliphatic rings. The highest BCUT2D eigenvalue weighted by atomic mass is 32.1. The highest BCUT2D eigenvalue weighted by molar-refractivity contribution is 7.71. The zero-order valence-electron chi connectivity index (χ0n) is 29.2. The van der Waals surface area contributed by atoms with Crippen molar-refractivity contribution in [2.24, 2.45) is 0 Å². The maximum atomic E-state index is 11.5. The molecule has 2 aromatic rings. The molecular weight excluding hydrogens is 641 g/mol. The minimum Gasteiger partial charge on any atom is -0.463 e. The van der Waals surface area contributed by atoms with Crippen molar-refractivity contribution in [1.29, 1.82) is 0 Å². The van der Waals surface area contributed by atoms with Gasteiger partial charge in [-0.2, -0.15) is 4.98 Å². The molecule has 0 bridgehead atoms. The maximum absolute atomic E-state index is 11.5. The summed E-state index contributed by atoms with van der Waals surface area (Å²) in [5.41, 5.74) is 2.67. The van der Waals surface area contributed by atoms with Gasteiger partial charge in [0.05, 0.1) is 13.2 Å². The van der Waals surface area contributed by atoms with Crippen LogP contribution in [0.15, 0.2) is 30.5 Å². The first-order valence-electron chi connectivity index (χ1n) is 16.4. The van der Waals surface area contributed by atoms with Gasteiger partial charge in [-0.05, 0) is 59.4 Å². The number of carbonyl (C=O) groups excluding carboxylic acids is 1. The molecule has 0 amide bonds. The quantitative estimate of drug-likeness (QED) is 0.100. The highest BCUT2D eigenvalue weighted by Crippen LogP contribution is 2.49. The molecule has 10 nitrogen and oxygen atoms in total. The summed E-state index contributed by atoms with van der Waals surface area (Å²) in [6.07, 6.45) is -0.434. The van der Waals surface area contributed by atoms with Crippen LogP contribution >= 0.6 is 12.2 Å². The third-order valence-electron chi connectivity index (χ3n) is 9.01. The molecule has 0 aliphatic carbocycles. The first kappa shape index (κ1) is 36.9. The molecule has 1 aromatic carbocycles. The van der Waals surface area contributed by atoms with Gasteiger partial charge in [0.2, 0.25) is 10.7 Å². The van der Waals surface area contributed by atoms with E-state index >= 15 is 0 Å². The SMILES string of the molecule is CC(=O)OCCO[C@@H]1[C@@H]2O[Si](C(C)C)(C(C)C)O[Si](C(C)C)(C(C)C)OC[C@H]2O[C@H]1n1ccc(Oc2c(C)cccc2C)nc1=S. The zero-order chi connectivity index (χ0) is 34.0. The van der Waals surface area contributed by atoms with E-state index in [2.05, 4.69) is 60.4 Å². The lowest BCUT2D eigenvalue weighted by molar-refractivity contribution is -0.144. The number of ether oxygens (including phenoxy) is 4. The van der Waals surface area contributed by atoms with Gasteiger partial charge >= 0.3 is 23.1 Å². The van der Waals surface area contributed by atoms with E-state index in [-0.39, 0.29) is 46.1 Å². The molecule has 3 heterocycles. The normalized spacial score (nSPS) is 24.2. The van der Waals surface area contributed by atoms with Crippen LogP contribution < -0.4 is 4.74 Å². The average molecular weight is 693 g/mol. The number of carbonyl (C=O) groups is 1. The van der Waals surface area contributed by atoms with E-state index in [1.54, 1.807) is 10.6 Å². The van der Waals surface area contributed by atoms with Crippen LogP contribution in [0.1, 0.15) is 79.7 Å². The monoisotopic (exact) mass is 692 g/mol. The Kier molecular flexibility index (Phi) is 12.1. The molecule has 2 fully saturated rings. The Balaban J connectivity index is 1.75. The summed E-state index contributed by atoms with van der Waals surface area (Å²) in [7, 11) is -5.73. The van der Waals surface area contributed by atoms with Crippen LogP contribution in [0.25, 0.3) is 0 Å². The van der Waals surface area contributed by atoms with Crippen LogP contribution in [0, 0.1) is 18.6 Å². The number of nitrogens with zero attached hydrogens (tertiary/aromatic N) is 2. The molecule has 0 spiro atoms. The summed E-state index contributed by atoms with van der Waals surface area (Å²) in [5.74, 6) is 0.769. The van der Waals surface area contributed by atoms with Crippen LogP contribution in [-0.2, 0) is 32.0 Å². The van der Waals surface area contributed by atoms with Gasteiger partial charge in [0.25, 0.3) is 0 Å². The largest absolute Gasteiger partial charge is 0.463 e. The number of aromatic nitrogens is 2. The second kappa shape index (κ2) is 15.1. The van der Waals surface area contributed by atoms with Crippen molar-refractivity contribution in [3.8, 4) is 11.6 Å². The summed E-state index contributed by atoms with van der Waals surface area (Å²) < 4.78 is 48.3. The molecule has 1 aromatic heterocycles. The molecular formula is C33H52N2O8SSi2. The Bertz CT molecular complexity index is 1380. The Morgan fingerprint density at radius 1 is 0.978 bits per heavy atom. The van der Waals surface area contributed by atoms with Gasteiger partial charge in [-0.3, -0.25) is 9.36 Å². The molecule has 0 radical (unpaired) electrons. The molecule has 2 aliphatic heterocycles. The lowest BCUT2D eigenvalue weighted by atomic mass is 10.1. The minimum absolute atomic E-state index is 0.100. The number of esters is 1. The molecule has 0 N–H and O–H groups in total. The number of fused-ring (bicyclic) bond motifs is 1. The van der Waals surface area contributed by atoms with Crippen LogP contribution in [0.5, 0.6) is 11.6 Å². The van der Waals surface area contributed by atoms with Gasteiger partial charge in [-0.1, -0.05) is 73.6 Å². The zero-order valence-corrected chi connectivity index (χ0v) is 32.0. The van der Waals surface area contributed by atoms with Gasteiger partial charge in [0, 0.05) is 19.2 Å². The van der Waals surface area contributed by atoms with Crippen LogP contribution in [-0.4, -0.2) is 70.8 Å². The van der Waals surface area contributed by atoms with Crippen molar-refractivity contribution in [3.63, 3.8) is 0 Å². The van der Waals surface area contributed by atoms with Crippen LogP contribution in [0.3, 0.4) is 0 Å². The Hall–Kier alpha value is -1.98. The molecule has 4 rings (SSSR count). The number of rotatable bonds is 11. The van der Waals surface area contributed by atoms with Crippen molar-refractivity contribution in [2.75, 3.05) is 19.8 Å². The van der Waals surface area contributed by atoms with E-state index < -0.39 is 41.7 Å². The lowest BCUT2D eigenvalue weighted by Crippen LogP contribution is -2.66. The van der Waals surface area contributed by atoms with E-state index in [9.17, 15) is 4.79 Å². The van der Waals surface area contributed by atoms with Crippen LogP contribution in [0.2, 0.25) is 22.2 Å². The Morgan fingerprint density at radius 3 is 2.13 bits per heavy atom. The molecule has 13 heteroatoms. The number of benzene rings is 1. The molecule has 2 saturated heterocycles. The molecule has 46 heavy (non-hydrogen) atoms. The predicted octanol–water partition coefficient (Wildman–Crippen LogP) is 7.82. The van der Waals surface area contributed by atoms with Gasteiger partial charge in [0.15, 0.2) is 6.23 Å². The fraction of sp³-hybridized carbons (Fsp3) is 0.667. The first-order valence-corrected chi connectivity index (χ1v) is 20.7. The van der Waals surface area contributed by atoms with E-state index in [1.807, 2.05) is 38.2 Å². The van der Waals surface area contributed by atoms with Gasteiger partial charge in [0.1, 0.15) is 30.7 Å². The lowest BCUT2D eigenvalue weighted by Gasteiger charge is -2.51. The Labute approximate surface area is 281 Å². The second-order valence-electron chi connectivity index (χ2n) is 13.6. The summed E-state index contributed by atoms with van der Waals surface area (Å²) in [6, 6.07) is 7.76. The topological polar surface area (TPSA) is 99.5 Å². The molecule has 256 valence electrons. The number of hydrogen-bond acceptors (Lipinski definition) is 10. The summed E-state index contributed by atoms with van der Waals surface area (Å²) >= 11 is 5.82. The molecule has 0 saturated carbocycles. The highest BCUT2D eigenvalue weighted by Gasteiger charge is 2.62. The van der Waals surface area contributed by atoms with Gasteiger partial charge in [-0.15, -0.1) is 0 Å². The number of aryl methyl sites for hydroxylation is 2. The van der Waals surface area contributed by atoms with E-state index in [4.69, 9.17) is 44.1 Å². The van der Waals surface area contributed by atoms with E-state index in [0.29, 0.717) is 12.5 Å².